The van der Waals surface area contributed by atoms with E-state index in [4.69, 9.17) is 5.11 Å². The van der Waals surface area contributed by atoms with E-state index in [1.807, 2.05) is 0 Å². The quantitative estimate of drug-likeness (QED) is 0.715. The minimum atomic E-state index is -0.500. The molecule has 0 saturated heterocycles. The van der Waals surface area contributed by atoms with Crippen molar-refractivity contribution in [3.05, 3.63) is 0 Å². The van der Waals surface area contributed by atoms with E-state index in [9.17, 15) is 5.11 Å². The van der Waals surface area contributed by atoms with Crippen molar-refractivity contribution in [2.75, 3.05) is 6.61 Å². The van der Waals surface area contributed by atoms with E-state index in [1.165, 1.54) is 38.5 Å². The molecule has 1 saturated carbocycles. The van der Waals surface area contributed by atoms with Crippen LogP contribution in [-0.2, 0) is 0 Å². The number of rotatable bonds is 5. The first-order valence-electron chi connectivity index (χ1n) is 6.01. The fourth-order valence-corrected chi connectivity index (χ4v) is 2.65. The molecule has 0 amide bonds. The van der Waals surface area contributed by atoms with Gasteiger partial charge in [0.25, 0.3) is 0 Å². The van der Waals surface area contributed by atoms with E-state index in [-0.39, 0.29) is 6.61 Å². The third kappa shape index (κ3) is 3.25. The molecule has 2 heteroatoms. The van der Waals surface area contributed by atoms with E-state index in [2.05, 4.69) is 6.92 Å². The summed E-state index contributed by atoms with van der Waals surface area (Å²) in [7, 11) is 0. The van der Waals surface area contributed by atoms with Crippen molar-refractivity contribution in [3.8, 4) is 0 Å². The second-order valence-electron chi connectivity index (χ2n) is 4.79. The van der Waals surface area contributed by atoms with Crippen LogP contribution in [0.4, 0.5) is 0 Å². The van der Waals surface area contributed by atoms with Crippen LogP contribution in [0.5, 0.6) is 0 Å². The van der Waals surface area contributed by atoms with E-state index >= 15 is 0 Å². The van der Waals surface area contributed by atoms with Crippen LogP contribution in [0.3, 0.4) is 0 Å². The molecule has 0 aliphatic heterocycles. The maximum Gasteiger partial charge on any atom is 0.0771 e. The fourth-order valence-electron chi connectivity index (χ4n) is 2.65. The number of aliphatic hydroxyl groups is 2. The highest BCUT2D eigenvalue weighted by Crippen LogP contribution is 2.43. The number of aliphatic hydroxyl groups excluding tert-OH is 2. The first kappa shape index (κ1) is 12.0. The van der Waals surface area contributed by atoms with E-state index in [1.54, 1.807) is 0 Å². The van der Waals surface area contributed by atoms with Crippen LogP contribution in [0.2, 0.25) is 0 Å². The molecule has 0 aromatic rings. The topological polar surface area (TPSA) is 40.5 Å². The molecule has 0 aromatic heterocycles. The Bertz CT molecular complexity index is 150. The molecule has 84 valence electrons. The lowest BCUT2D eigenvalue weighted by Crippen LogP contribution is -2.25. The van der Waals surface area contributed by atoms with Gasteiger partial charge in [0.1, 0.15) is 0 Å². The predicted octanol–water partition coefficient (Wildman–Crippen LogP) is 2.48. The highest BCUT2D eigenvalue weighted by molar-refractivity contribution is 4.82. The molecule has 1 aliphatic rings. The summed E-state index contributed by atoms with van der Waals surface area (Å²) in [5, 5.41) is 18.1. The minimum absolute atomic E-state index is 0.0835. The van der Waals surface area contributed by atoms with Gasteiger partial charge < -0.3 is 10.2 Å². The Hall–Kier alpha value is -0.0800. The van der Waals surface area contributed by atoms with Crippen LogP contribution in [0.25, 0.3) is 0 Å². The molecule has 1 unspecified atom stereocenters. The van der Waals surface area contributed by atoms with Gasteiger partial charge in [0, 0.05) is 0 Å². The molecule has 2 N–H and O–H groups in total. The first-order chi connectivity index (χ1) is 6.72. The van der Waals surface area contributed by atoms with Gasteiger partial charge in [0.05, 0.1) is 12.7 Å². The number of hydrogen-bond acceptors (Lipinski definition) is 2. The minimum Gasteiger partial charge on any atom is -0.394 e. The Kier molecular flexibility index (Phi) is 4.90. The highest BCUT2D eigenvalue weighted by Gasteiger charge is 2.30. The van der Waals surface area contributed by atoms with Gasteiger partial charge in [-0.05, 0) is 31.1 Å². The lowest BCUT2D eigenvalue weighted by molar-refractivity contribution is 0.0625. The zero-order chi connectivity index (χ0) is 10.4. The fraction of sp³-hybridized carbons (Fsp3) is 1.00. The summed E-state index contributed by atoms with van der Waals surface area (Å²) in [5.41, 5.74) is 0.481. The Labute approximate surface area is 87.3 Å². The van der Waals surface area contributed by atoms with Gasteiger partial charge in [-0.2, -0.15) is 0 Å². The van der Waals surface area contributed by atoms with Crippen LogP contribution in [0, 0.1) is 5.41 Å². The predicted molar refractivity (Wildman–Crippen MR) is 58.1 cm³/mol. The molecule has 14 heavy (non-hydrogen) atoms. The summed E-state index contributed by atoms with van der Waals surface area (Å²) in [5.74, 6) is 0. The smallest absolute Gasteiger partial charge is 0.0771 e. The third-order valence-electron chi connectivity index (χ3n) is 3.88. The zero-order valence-corrected chi connectivity index (χ0v) is 9.34. The monoisotopic (exact) mass is 200 g/mol. The first-order valence-corrected chi connectivity index (χ1v) is 6.01. The average molecular weight is 200 g/mol. The summed E-state index contributed by atoms with van der Waals surface area (Å²) < 4.78 is 0. The van der Waals surface area contributed by atoms with Gasteiger partial charge >= 0.3 is 0 Å². The van der Waals surface area contributed by atoms with Crippen LogP contribution in [0.15, 0.2) is 0 Å². The van der Waals surface area contributed by atoms with E-state index in [0.29, 0.717) is 5.41 Å². The van der Waals surface area contributed by atoms with Crippen molar-refractivity contribution in [2.24, 2.45) is 5.41 Å². The summed E-state index contributed by atoms with van der Waals surface area (Å²) in [6.45, 7) is 2.18. The van der Waals surface area contributed by atoms with Crippen molar-refractivity contribution in [2.45, 2.75) is 64.4 Å². The van der Waals surface area contributed by atoms with E-state index in [0.717, 1.165) is 12.8 Å². The maximum atomic E-state index is 9.35. The Morgan fingerprint density at radius 1 is 1.21 bits per heavy atom. The summed E-state index contributed by atoms with van der Waals surface area (Å²) in [4.78, 5) is 0. The van der Waals surface area contributed by atoms with Crippen LogP contribution in [0.1, 0.15) is 58.3 Å². The normalized spacial score (nSPS) is 23.4. The van der Waals surface area contributed by atoms with Crippen molar-refractivity contribution < 1.29 is 10.2 Å². The van der Waals surface area contributed by atoms with Gasteiger partial charge in [-0.25, -0.2) is 0 Å². The zero-order valence-electron chi connectivity index (χ0n) is 9.34. The summed E-state index contributed by atoms with van der Waals surface area (Å²) in [6.07, 6.45) is 9.31. The Morgan fingerprint density at radius 3 is 2.36 bits per heavy atom. The molecule has 2 nitrogen and oxygen atoms in total. The lowest BCUT2D eigenvalue weighted by atomic mass is 9.69. The van der Waals surface area contributed by atoms with Gasteiger partial charge in [-0.15, -0.1) is 0 Å². The van der Waals surface area contributed by atoms with Crippen molar-refractivity contribution in [1.82, 2.24) is 0 Å². The molecular weight excluding hydrogens is 176 g/mol. The third-order valence-corrected chi connectivity index (χ3v) is 3.88. The summed E-state index contributed by atoms with van der Waals surface area (Å²) in [6, 6.07) is 0. The van der Waals surface area contributed by atoms with Gasteiger partial charge in [-0.3, -0.25) is 0 Å². The number of hydrogen-bond donors (Lipinski definition) is 2. The second kappa shape index (κ2) is 5.72. The SMILES string of the molecule is CCC1(CCC(O)CO)CCCCC1. The van der Waals surface area contributed by atoms with Crippen molar-refractivity contribution in [1.29, 1.82) is 0 Å². The van der Waals surface area contributed by atoms with Gasteiger partial charge in [0.2, 0.25) is 0 Å². The van der Waals surface area contributed by atoms with Gasteiger partial charge in [0.15, 0.2) is 0 Å². The molecule has 0 aromatic carbocycles. The standard InChI is InChI=1S/C12H24O2/c1-2-12(7-4-3-5-8-12)9-6-11(14)10-13/h11,13-14H,2-10H2,1H3. The summed E-state index contributed by atoms with van der Waals surface area (Å²) >= 11 is 0. The van der Waals surface area contributed by atoms with Crippen molar-refractivity contribution >= 4 is 0 Å². The molecule has 0 bridgehead atoms. The van der Waals surface area contributed by atoms with Crippen LogP contribution < -0.4 is 0 Å². The molecule has 1 rings (SSSR count). The maximum absolute atomic E-state index is 9.35. The average Bonchev–Trinajstić information content (AvgIpc) is 2.27. The largest absolute Gasteiger partial charge is 0.394 e. The highest BCUT2D eigenvalue weighted by atomic mass is 16.3. The molecule has 1 atom stereocenters. The van der Waals surface area contributed by atoms with Crippen LogP contribution in [-0.4, -0.2) is 22.9 Å². The van der Waals surface area contributed by atoms with Crippen molar-refractivity contribution in [3.63, 3.8) is 0 Å². The molecule has 1 fully saturated rings. The molecular formula is C12H24O2. The van der Waals surface area contributed by atoms with Crippen LogP contribution >= 0.6 is 0 Å². The molecule has 0 heterocycles. The second-order valence-corrected chi connectivity index (χ2v) is 4.79. The molecule has 0 radical (unpaired) electrons. The Balaban J connectivity index is 2.36. The molecule has 1 aliphatic carbocycles. The molecule has 0 spiro atoms. The van der Waals surface area contributed by atoms with E-state index < -0.39 is 6.10 Å². The van der Waals surface area contributed by atoms with Gasteiger partial charge in [-0.1, -0.05) is 32.6 Å². The lowest BCUT2D eigenvalue weighted by Gasteiger charge is -2.37. The Morgan fingerprint density at radius 2 is 1.86 bits per heavy atom.